The van der Waals surface area contributed by atoms with Gasteiger partial charge in [0.15, 0.2) is 12.2 Å². The van der Waals surface area contributed by atoms with Gasteiger partial charge in [-0.2, -0.15) is 0 Å². The number of aromatic nitrogens is 1. The first-order valence-corrected chi connectivity index (χ1v) is 5.56. The molecule has 1 aromatic carbocycles. The summed E-state index contributed by atoms with van der Waals surface area (Å²) in [6, 6.07) is 4.40. The van der Waals surface area contributed by atoms with Crippen molar-refractivity contribution in [3.63, 3.8) is 0 Å². The summed E-state index contributed by atoms with van der Waals surface area (Å²) in [7, 11) is 0. The SMILES string of the molecule is Cc1cc(-c2cnco2)cc2c1CNCC2. The van der Waals surface area contributed by atoms with E-state index in [0.29, 0.717) is 0 Å². The fraction of sp³-hybridized carbons (Fsp3) is 0.308. The van der Waals surface area contributed by atoms with Crippen LogP contribution >= 0.6 is 0 Å². The quantitative estimate of drug-likeness (QED) is 0.791. The first-order valence-electron chi connectivity index (χ1n) is 5.56. The Kier molecular flexibility index (Phi) is 2.26. The fourth-order valence-electron chi connectivity index (χ4n) is 2.30. The van der Waals surface area contributed by atoms with E-state index < -0.39 is 0 Å². The van der Waals surface area contributed by atoms with Crippen LogP contribution in [0.25, 0.3) is 11.3 Å². The van der Waals surface area contributed by atoms with Crippen LogP contribution < -0.4 is 5.32 Å². The molecule has 2 heterocycles. The van der Waals surface area contributed by atoms with Crippen molar-refractivity contribution in [3.8, 4) is 11.3 Å². The number of oxazole rings is 1. The Morgan fingerprint density at radius 2 is 2.31 bits per heavy atom. The van der Waals surface area contributed by atoms with E-state index in [1.165, 1.54) is 23.1 Å². The molecule has 82 valence electrons. The molecule has 0 saturated heterocycles. The van der Waals surface area contributed by atoms with Crippen LogP contribution in [0, 0.1) is 6.92 Å². The summed E-state index contributed by atoms with van der Waals surface area (Å²) in [5.74, 6) is 0.851. The Morgan fingerprint density at radius 3 is 3.12 bits per heavy atom. The second-order valence-electron chi connectivity index (χ2n) is 4.22. The topological polar surface area (TPSA) is 38.1 Å². The molecule has 3 heteroatoms. The van der Waals surface area contributed by atoms with Gasteiger partial charge in [-0.05, 0) is 48.7 Å². The molecule has 0 spiro atoms. The third-order valence-corrected chi connectivity index (χ3v) is 3.16. The Balaban J connectivity index is 2.12. The highest BCUT2D eigenvalue weighted by atomic mass is 16.3. The van der Waals surface area contributed by atoms with E-state index in [9.17, 15) is 0 Å². The van der Waals surface area contributed by atoms with Gasteiger partial charge in [0.05, 0.1) is 6.20 Å². The molecule has 3 rings (SSSR count). The smallest absolute Gasteiger partial charge is 0.181 e. The minimum absolute atomic E-state index is 0.851. The summed E-state index contributed by atoms with van der Waals surface area (Å²) in [6.45, 7) is 4.20. The van der Waals surface area contributed by atoms with E-state index in [4.69, 9.17) is 4.42 Å². The maximum Gasteiger partial charge on any atom is 0.181 e. The predicted molar refractivity (Wildman–Crippen MR) is 62.1 cm³/mol. The third-order valence-electron chi connectivity index (χ3n) is 3.16. The van der Waals surface area contributed by atoms with Crippen LogP contribution in [0.3, 0.4) is 0 Å². The van der Waals surface area contributed by atoms with Crippen LogP contribution in [-0.4, -0.2) is 11.5 Å². The highest BCUT2D eigenvalue weighted by Gasteiger charge is 2.13. The zero-order valence-corrected chi connectivity index (χ0v) is 9.29. The lowest BCUT2D eigenvalue weighted by atomic mass is 9.93. The van der Waals surface area contributed by atoms with E-state index in [2.05, 4.69) is 29.4 Å². The number of aryl methyl sites for hydroxylation is 1. The number of nitrogens with zero attached hydrogens (tertiary/aromatic N) is 1. The summed E-state index contributed by atoms with van der Waals surface area (Å²) in [6.07, 6.45) is 4.34. The van der Waals surface area contributed by atoms with E-state index in [1.807, 2.05) is 0 Å². The minimum atomic E-state index is 0.851. The van der Waals surface area contributed by atoms with Crippen LogP contribution in [-0.2, 0) is 13.0 Å². The van der Waals surface area contributed by atoms with Gasteiger partial charge in [0.25, 0.3) is 0 Å². The van der Waals surface area contributed by atoms with Gasteiger partial charge in [-0.1, -0.05) is 0 Å². The molecular weight excluding hydrogens is 200 g/mol. The molecule has 0 radical (unpaired) electrons. The van der Waals surface area contributed by atoms with Crippen LogP contribution in [0.5, 0.6) is 0 Å². The molecule has 1 aliphatic rings. The Labute approximate surface area is 94.5 Å². The van der Waals surface area contributed by atoms with Crippen molar-refractivity contribution in [2.24, 2.45) is 0 Å². The molecule has 1 N–H and O–H groups in total. The second-order valence-corrected chi connectivity index (χ2v) is 4.22. The molecule has 3 nitrogen and oxygen atoms in total. The van der Waals surface area contributed by atoms with Crippen LogP contribution in [0.2, 0.25) is 0 Å². The van der Waals surface area contributed by atoms with E-state index in [0.717, 1.165) is 30.8 Å². The minimum Gasteiger partial charge on any atom is -0.444 e. The Bertz CT molecular complexity index is 503. The van der Waals surface area contributed by atoms with Gasteiger partial charge in [0, 0.05) is 12.1 Å². The molecule has 0 aliphatic carbocycles. The largest absolute Gasteiger partial charge is 0.444 e. The highest BCUT2D eigenvalue weighted by molar-refractivity contribution is 5.61. The second kappa shape index (κ2) is 3.76. The average Bonchev–Trinajstić information content (AvgIpc) is 2.82. The molecule has 1 aliphatic heterocycles. The first-order chi connectivity index (χ1) is 7.84. The number of hydrogen-bond donors (Lipinski definition) is 1. The fourth-order valence-corrected chi connectivity index (χ4v) is 2.30. The summed E-state index contributed by atoms with van der Waals surface area (Å²) in [4.78, 5) is 3.96. The summed E-state index contributed by atoms with van der Waals surface area (Å²) in [5, 5.41) is 3.40. The van der Waals surface area contributed by atoms with Crippen molar-refractivity contribution in [1.29, 1.82) is 0 Å². The summed E-state index contributed by atoms with van der Waals surface area (Å²) in [5.41, 5.74) is 5.34. The number of nitrogens with one attached hydrogen (secondary N) is 1. The maximum absolute atomic E-state index is 5.34. The number of hydrogen-bond acceptors (Lipinski definition) is 3. The van der Waals surface area contributed by atoms with Gasteiger partial charge in [0.2, 0.25) is 0 Å². The molecule has 0 bridgehead atoms. The van der Waals surface area contributed by atoms with Crippen molar-refractivity contribution in [2.75, 3.05) is 6.54 Å². The summed E-state index contributed by atoms with van der Waals surface area (Å²) >= 11 is 0. The monoisotopic (exact) mass is 214 g/mol. The third kappa shape index (κ3) is 1.53. The van der Waals surface area contributed by atoms with Crippen LogP contribution in [0.15, 0.2) is 29.1 Å². The molecule has 0 fully saturated rings. The number of benzene rings is 1. The molecular formula is C13H14N2O. The zero-order chi connectivity index (χ0) is 11.0. The van der Waals surface area contributed by atoms with Gasteiger partial charge in [0.1, 0.15) is 0 Å². The molecule has 0 saturated carbocycles. The molecule has 1 aromatic heterocycles. The average molecular weight is 214 g/mol. The van der Waals surface area contributed by atoms with Crippen molar-refractivity contribution in [3.05, 3.63) is 41.4 Å². The molecule has 0 amide bonds. The molecule has 16 heavy (non-hydrogen) atoms. The highest BCUT2D eigenvalue weighted by Crippen LogP contribution is 2.26. The molecule has 2 aromatic rings. The lowest BCUT2D eigenvalue weighted by molar-refractivity contribution is 0.571. The standard InChI is InChI=1S/C13H14N2O/c1-9-4-11(13-7-15-8-16-13)5-10-2-3-14-6-12(9)10/h4-5,7-8,14H,2-3,6H2,1H3. The van der Waals surface area contributed by atoms with Gasteiger partial charge in [-0.15, -0.1) is 0 Å². The molecule has 0 atom stereocenters. The number of fused-ring (bicyclic) bond motifs is 1. The van der Waals surface area contributed by atoms with E-state index in [1.54, 1.807) is 6.20 Å². The van der Waals surface area contributed by atoms with Crippen LogP contribution in [0.4, 0.5) is 0 Å². The van der Waals surface area contributed by atoms with Gasteiger partial charge >= 0.3 is 0 Å². The van der Waals surface area contributed by atoms with Gasteiger partial charge in [-0.3, -0.25) is 0 Å². The van der Waals surface area contributed by atoms with Gasteiger partial charge < -0.3 is 9.73 Å². The lowest BCUT2D eigenvalue weighted by Crippen LogP contribution is -2.24. The first kappa shape index (κ1) is 9.60. The molecule has 0 unspecified atom stereocenters. The normalized spacial score (nSPS) is 14.8. The Hall–Kier alpha value is -1.61. The van der Waals surface area contributed by atoms with Crippen molar-refractivity contribution in [2.45, 2.75) is 19.9 Å². The zero-order valence-electron chi connectivity index (χ0n) is 9.29. The summed E-state index contributed by atoms with van der Waals surface area (Å²) < 4.78 is 5.34. The van der Waals surface area contributed by atoms with Crippen molar-refractivity contribution >= 4 is 0 Å². The van der Waals surface area contributed by atoms with E-state index >= 15 is 0 Å². The lowest BCUT2D eigenvalue weighted by Gasteiger charge is -2.20. The van der Waals surface area contributed by atoms with Crippen molar-refractivity contribution < 1.29 is 4.42 Å². The number of rotatable bonds is 1. The Morgan fingerprint density at radius 1 is 1.38 bits per heavy atom. The maximum atomic E-state index is 5.34. The van der Waals surface area contributed by atoms with E-state index in [-0.39, 0.29) is 0 Å². The predicted octanol–water partition coefficient (Wildman–Crippen LogP) is 2.30. The van der Waals surface area contributed by atoms with Crippen molar-refractivity contribution in [1.82, 2.24) is 10.3 Å². The van der Waals surface area contributed by atoms with Gasteiger partial charge in [-0.25, -0.2) is 4.98 Å². The van der Waals surface area contributed by atoms with Crippen LogP contribution in [0.1, 0.15) is 16.7 Å².